The van der Waals surface area contributed by atoms with Crippen LogP contribution in [0.25, 0.3) is 0 Å². The molecule has 0 aromatic rings. The van der Waals surface area contributed by atoms with E-state index >= 15 is 0 Å². The average Bonchev–Trinajstić information content (AvgIpc) is 1.98. The van der Waals surface area contributed by atoms with Gasteiger partial charge in [-0.05, 0) is 13.8 Å². The van der Waals surface area contributed by atoms with Gasteiger partial charge in [-0.1, -0.05) is 12.8 Å². The van der Waals surface area contributed by atoms with Crippen LogP contribution in [0.15, 0.2) is 0 Å². The van der Waals surface area contributed by atoms with Crippen molar-refractivity contribution in [3.8, 4) is 0 Å². The predicted molar refractivity (Wildman–Crippen MR) is 40.6 cm³/mol. The minimum Gasteiger partial charge on any atom is -0.284 e. The molecule has 1 fully saturated rings. The van der Waals surface area contributed by atoms with Gasteiger partial charge in [-0.25, -0.2) is 5.01 Å². The summed E-state index contributed by atoms with van der Waals surface area (Å²) < 4.78 is 1.88. The average molecular weight is 147 g/mol. The van der Waals surface area contributed by atoms with Crippen molar-refractivity contribution in [3.05, 3.63) is 0 Å². The van der Waals surface area contributed by atoms with Crippen LogP contribution in [0.2, 0.25) is 0 Å². The molecule has 2 atom stereocenters. The second-order valence-corrected chi connectivity index (χ2v) is 2.82. The highest BCUT2D eigenvalue weighted by molar-refractivity contribution is 7.77. The zero-order chi connectivity index (χ0) is 7.02. The van der Waals surface area contributed by atoms with Crippen molar-refractivity contribution < 1.29 is 0 Å². The van der Waals surface area contributed by atoms with Crippen LogP contribution in [0.1, 0.15) is 13.8 Å². The highest BCUT2D eigenvalue weighted by atomic mass is 32.1. The van der Waals surface area contributed by atoms with E-state index in [9.17, 15) is 0 Å². The fraction of sp³-hybridized carbons (Fsp3) is 1.00. The standard InChI is InChI=1S/C5H13N3S/c1-4-6-5(2)8(9)7(4)3/h4-6,9H,1-3H3/t4-,5?/m1/s1. The van der Waals surface area contributed by atoms with E-state index in [1.54, 1.807) is 0 Å². The molecule has 1 heterocycles. The third-order valence-electron chi connectivity index (χ3n) is 1.71. The summed E-state index contributed by atoms with van der Waals surface area (Å²) in [5.74, 6) is 0. The molecule has 1 aliphatic rings. The lowest BCUT2D eigenvalue weighted by Crippen LogP contribution is -2.32. The molecule has 0 spiro atoms. The molecule has 4 heteroatoms. The molecule has 0 bridgehead atoms. The summed E-state index contributed by atoms with van der Waals surface area (Å²) in [4.78, 5) is 0. The van der Waals surface area contributed by atoms with Crippen LogP contribution in [-0.4, -0.2) is 28.8 Å². The molecule has 0 amide bonds. The van der Waals surface area contributed by atoms with E-state index < -0.39 is 0 Å². The molecular formula is C5H13N3S. The minimum absolute atomic E-state index is 0.341. The molecule has 54 valence electrons. The molecule has 9 heavy (non-hydrogen) atoms. The van der Waals surface area contributed by atoms with Crippen LogP contribution in [0.5, 0.6) is 0 Å². The Hall–Kier alpha value is 0.230. The number of rotatable bonds is 0. The van der Waals surface area contributed by atoms with Crippen LogP contribution >= 0.6 is 12.8 Å². The van der Waals surface area contributed by atoms with E-state index in [1.807, 2.05) is 16.5 Å². The van der Waals surface area contributed by atoms with Gasteiger partial charge in [0.1, 0.15) is 0 Å². The minimum atomic E-state index is 0.341. The van der Waals surface area contributed by atoms with Crippen LogP contribution < -0.4 is 5.32 Å². The Morgan fingerprint density at radius 2 is 1.89 bits per heavy atom. The maximum atomic E-state index is 4.24. The Balaban J connectivity index is 2.54. The van der Waals surface area contributed by atoms with Gasteiger partial charge in [-0.15, -0.1) is 0 Å². The topological polar surface area (TPSA) is 18.5 Å². The zero-order valence-electron chi connectivity index (χ0n) is 6.00. The fourth-order valence-electron chi connectivity index (χ4n) is 0.974. The lowest BCUT2D eigenvalue weighted by molar-refractivity contribution is 0.118. The van der Waals surface area contributed by atoms with Crippen LogP contribution in [-0.2, 0) is 0 Å². The van der Waals surface area contributed by atoms with Crippen molar-refractivity contribution in [2.45, 2.75) is 26.2 Å². The second-order valence-electron chi connectivity index (χ2n) is 2.41. The van der Waals surface area contributed by atoms with Gasteiger partial charge >= 0.3 is 0 Å². The lowest BCUT2D eigenvalue weighted by Gasteiger charge is -2.20. The van der Waals surface area contributed by atoms with E-state index in [1.165, 1.54) is 0 Å². The fourth-order valence-corrected chi connectivity index (χ4v) is 1.20. The van der Waals surface area contributed by atoms with E-state index in [0.717, 1.165) is 0 Å². The van der Waals surface area contributed by atoms with Gasteiger partial charge in [0.2, 0.25) is 0 Å². The van der Waals surface area contributed by atoms with Crippen LogP contribution in [0, 0.1) is 0 Å². The van der Waals surface area contributed by atoms with Crippen molar-refractivity contribution >= 4 is 12.8 Å². The highest BCUT2D eigenvalue weighted by Crippen LogP contribution is 2.13. The summed E-state index contributed by atoms with van der Waals surface area (Å²) in [7, 11) is 2.01. The van der Waals surface area contributed by atoms with Crippen LogP contribution in [0.3, 0.4) is 0 Å². The first-order valence-corrected chi connectivity index (χ1v) is 3.50. The van der Waals surface area contributed by atoms with Gasteiger partial charge in [0.15, 0.2) is 0 Å². The summed E-state index contributed by atoms with van der Waals surface area (Å²) in [5, 5.41) is 5.34. The molecule has 1 aliphatic heterocycles. The van der Waals surface area contributed by atoms with Crippen LogP contribution in [0.4, 0.5) is 0 Å². The second kappa shape index (κ2) is 2.46. The molecule has 1 saturated heterocycles. The van der Waals surface area contributed by atoms with Gasteiger partial charge < -0.3 is 0 Å². The molecule has 0 aromatic heterocycles. The number of nitrogens with one attached hydrogen (secondary N) is 1. The highest BCUT2D eigenvalue weighted by Gasteiger charge is 2.27. The summed E-state index contributed by atoms with van der Waals surface area (Å²) >= 11 is 4.24. The smallest absolute Gasteiger partial charge is 0.0831 e. The van der Waals surface area contributed by atoms with Gasteiger partial charge in [0.05, 0.1) is 12.3 Å². The molecule has 3 nitrogen and oxygen atoms in total. The first kappa shape index (κ1) is 7.34. The SMILES string of the molecule is CC1N[C@@H](C)N(C)N1S. The Morgan fingerprint density at radius 3 is 2.00 bits per heavy atom. The molecule has 0 aromatic carbocycles. The molecule has 0 aliphatic carbocycles. The number of hydrazine groups is 1. The van der Waals surface area contributed by atoms with Gasteiger partial charge in [-0.2, -0.15) is 4.41 Å². The summed E-state index contributed by atoms with van der Waals surface area (Å²) in [5.41, 5.74) is 0. The molecule has 0 radical (unpaired) electrons. The van der Waals surface area contributed by atoms with E-state index in [4.69, 9.17) is 0 Å². The lowest BCUT2D eigenvalue weighted by atomic mass is 10.5. The first-order valence-electron chi connectivity index (χ1n) is 3.10. The first-order chi connectivity index (χ1) is 4.13. The molecule has 1 N–H and O–H groups in total. The summed E-state index contributed by atoms with van der Waals surface area (Å²) in [6.45, 7) is 4.18. The normalized spacial score (nSPS) is 40.0. The van der Waals surface area contributed by atoms with E-state index in [-0.39, 0.29) is 0 Å². The number of hydrogen-bond donors (Lipinski definition) is 2. The van der Waals surface area contributed by atoms with E-state index in [2.05, 4.69) is 32.0 Å². The number of hydrogen-bond acceptors (Lipinski definition) is 4. The quantitative estimate of drug-likeness (QED) is 0.480. The monoisotopic (exact) mass is 147 g/mol. The Kier molecular flexibility index (Phi) is 2.00. The molecule has 1 unspecified atom stereocenters. The molecular weight excluding hydrogens is 134 g/mol. The Morgan fingerprint density at radius 1 is 1.33 bits per heavy atom. The number of thiol groups is 1. The summed E-state index contributed by atoms with van der Waals surface area (Å²) in [6, 6.07) is 0. The van der Waals surface area contributed by atoms with Gasteiger partial charge in [-0.3, -0.25) is 5.32 Å². The third kappa shape index (κ3) is 1.21. The van der Waals surface area contributed by atoms with Crippen molar-refractivity contribution in [3.63, 3.8) is 0 Å². The van der Waals surface area contributed by atoms with Gasteiger partial charge in [0.25, 0.3) is 0 Å². The van der Waals surface area contributed by atoms with Crippen molar-refractivity contribution in [1.29, 1.82) is 0 Å². The third-order valence-corrected chi connectivity index (χ3v) is 2.34. The van der Waals surface area contributed by atoms with Crippen molar-refractivity contribution in [2.75, 3.05) is 7.05 Å². The largest absolute Gasteiger partial charge is 0.284 e. The maximum Gasteiger partial charge on any atom is 0.0831 e. The zero-order valence-corrected chi connectivity index (χ0v) is 6.89. The number of nitrogens with zero attached hydrogens (tertiary/aromatic N) is 2. The molecule has 0 saturated carbocycles. The Bertz CT molecular complexity index is 96.4. The summed E-state index contributed by atoms with van der Waals surface area (Å²) in [6.07, 6.45) is 0.742. The van der Waals surface area contributed by atoms with E-state index in [0.29, 0.717) is 12.3 Å². The predicted octanol–water partition coefficient (Wildman–Crippen LogP) is 0.275. The van der Waals surface area contributed by atoms with Crippen molar-refractivity contribution in [2.24, 2.45) is 0 Å². The maximum absolute atomic E-state index is 4.24. The van der Waals surface area contributed by atoms with Crippen molar-refractivity contribution in [1.82, 2.24) is 14.7 Å². The van der Waals surface area contributed by atoms with Gasteiger partial charge in [0, 0.05) is 7.05 Å². The molecule has 1 rings (SSSR count). The Labute approximate surface area is 61.5 Å².